The van der Waals surface area contributed by atoms with Crippen molar-refractivity contribution in [3.05, 3.63) is 65.4 Å². The summed E-state index contributed by atoms with van der Waals surface area (Å²) in [4.78, 5) is 17.6. The summed E-state index contributed by atoms with van der Waals surface area (Å²) in [6, 6.07) is 15.0. The van der Waals surface area contributed by atoms with E-state index >= 15 is 0 Å². The molecule has 6 heteroatoms. The highest BCUT2D eigenvalue weighted by atomic mass is 16.5. The summed E-state index contributed by atoms with van der Waals surface area (Å²) in [6.07, 6.45) is 0.503. The Labute approximate surface area is 163 Å². The molecule has 0 radical (unpaired) electrons. The van der Waals surface area contributed by atoms with Gasteiger partial charge in [0.25, 0.3) is 5.91 Å². The van der Waals surface area contributed by atoms with Gasteiger partial charge >= 0.3 is 0 Å². The Balaban J connectivity index is 1.63. The van der Waals surface area contributed by atoms with Gasteiger partial charge in [0.1, 0.15) is 23.6 Å². The number of aliphatic hydroxyl groups is 1. The molecule has 0 saturated carbocycles. The number of carbonyl (C=O) groups is 1. The van der Waals surface area contributed by atoms with Crippen LogP contribution in [0.15, 0.2) is 48.5 Å². The number of aliphatic hydroxyl groups excluding tert-OH is 1. The minimum absolute atomic E-state index is 0.212. The number of fused-ring (bicyclic) bond motifs is 2. The van der Waals surface area contributed by atoms with Crippen LogP contribution in [0.2, 0.25) is 0 Å². The van der Waals surface area contributed by atoms with Crippen molar-refractivity contribution in [3.8, 4) is 11.5 Å². The number of nitrogens with zero attached hydrogens (tertiary/aromatic N) is 1. The molecule has 1 atom stereocenters. The van der Waals surface area contributed by atoms with Crippen molar-refractivity contribution in [1.82, 2.24) is 10.3 Å². The molecule has 0 bridgehead atoms. The summed E-state index contributed by atoms with van der Waals surface area (Å²) in [5, 5.41) is 13.9. The van der Waals surface area contributed by atoms with Crippen molar-refractivity contribution in [1.29, 1.82) is 0 Å². The molecule has 6 nitrogen and oxygen atoms in total. The molecule has 1 unspecified atom stereocenters. The standard InChI is InChI=1S/C22H22N2O4/c1-14-18(9-15-7-8-17(27-2)10-19(15)23-14)21(26)24-22(12-25)11-16-5-3-4-6-20(16)28-13-22/h3-10,25H,11-13H2,1-2H3,(H,24,26). The lowest BCUT2D eigenvalue weighted by molar-refractivity contribution is 0.0653. The van der Waals surface area contributed by atoms with Crippen LogP contribution in [0, 0.1) is 6.92 Å². The number of benzene rings is 2. The van der Waals surface area contributed by atoms with Crippen molar-refractivity contribution >= 4 is 16.8 Å². The highest BCUT2D eigenvalue weighted by Gasteiger charge is 2.37. The van der Waals surface area contributed by atoms with Crippen LogP contribution in [-0.2, 0) is 6.42 Å². The Bertz CT molecular complexity index is 1050. The third kappa shape index (κ3) is 3.27. The number of carbonyl (C=O) groups excluding carboxylic acids is 1. The summed E-state index contributed by atoms with van der Waals surface area (Å²) in [6.45, 7) is 1.79. The van der Waals surface area contributed by atoms with E-state index in [9.17, 15) is 9.90 Å². The van der Waals surface area contributed by atoms with E-state index in [0.717, 1.165) is 22.2 Å². The highest BCUT2D eigenvalue weighted by molar-refractivity contribution is 5.99. The molecule has 0 fully saturated rings. The lowest BCUT2D eigenvalue weighted by Crippen LogP contribution is -2.58. The molecule has 1 aromatic heterocycles. The topological polar surface area (TPSA) is 80.7 Å². The van der Waals surface area contributed by atoms with Gasteiger partial charge in [-0.2, -0.15) is 0 Å². The molecule has 28 heavy (non-hydrogen) atoms. The van der Waals surface area contributed by atoms with Crippen molar-refractivity contribution < 1.29 is 19.4 Å². The number of para-hydroxylation sites is 1. The maximum absolute atomic E-state index is 13.0. The molecule has 1 aliphatic rings. The Hall–Kier alpha value is -3.12. The third-order valence-electron chi connectivity index (χ3n) is 5.15. The first-order valence-corrected chi connectivity index (χ1v) is 9.13. The van der Waals surface area contributed by atoms with Crippen LogP contribution in [-0.4, -0.2) is 41.9 Å². The van der Waals surface area contributed by atoms with Crippen LogP contribution in [0.25, 0.3) is 10.9 Å². The van der Waals surface area contributed by atoms with E-state index in [2.05, 4.69) is 10.3 Å². The fourth-order valence-corrected chi connectivity index (χ4v) is 3.55. The summed E-state index contributed by atoms with van der Waals surface area (Å²) in [5.41, 5.74) is 1.95. The first kappa shape index (κ1) is 18.3. The van der Waals surface area contributed by atoms with Gasteiger partial charge in [0.05, 0.1) is 30.5 Å². The smallest absolute Gasteiger partial charge is 0.253 e. The third-order valence-corrected chi connectivity index (χ3v) is 5.15. The average Bonchev–Trinajstić information content (AvgIpc) is 2.72. The second-order valence-electron chi connectivity index (χ2n) is 7.15. The monoisotopic (exact) mass is 378 g/mol. The van der Waals surface area contributed by atoms with E-state index < -0.39 is 5.54 Å². The number of aromatic nitrogens is 1. The first-order valence-electron chi connectivity index (χ1n) is 9.13. The number of aryl methyl sites for hydroxylation is 1. The van der Waals surface area contributed by atoms with Gasteiger partial charge in [0.2, 0.25) is 0 Å². The Kier molecular flexibility index (Phi) is 4.65. The molecular formula is C22H22N2O4. The van der Waals surface area contributed by atoms with Crippen molar-refractivity contribution in [2.24, 2.45) is 0 Å². The van der Waals surface area contributed by atoms with Crippen LogP contribution in [0.1, 0.15) is 21.6 Å². The predicted octanol–water partition coefficient (Wildman–Crippen LogP) is 2.65. The summed E-state index contributed by atoms with van der Waals surface area (Å²) in [7, 11) is 1.61. The molecular weight excluding hydrogens is 356 g/mol. The van der Waals surface area contributed by atoms with Gasteiger partial charge in [-0.25, -0.2) is 0 Å². The molecule has 1 aliphatic heterocycles. The molecule has 2 aromatic carbocycles. The van der Waals surface area contributed by atoms with Gasteiger partial charge in [-0.3, -0.25) is 9.78 Å². The van der Waals surface area contributed by atoms with E-state index in [1.807, 2.05) is 48.5 Å². The Morgan fingerprint density at radius 3 is 2.89 bits per heavy atom. The van der Waals surface area contributed by atoms with Crippen LogP contribution >= 0.6 is 0 Å². The van der Waals surface area contributed by atoms with E-state index in [1.54, 1.807) is 14.0 Å². The Morgan fingerprint density at radius 1 is 1.29 bits per heavy atom. The maximum atomic E-state index is 13.0. The largest absolute Gasteiger partial charge is 0.497 e. The van der Waals surface area contributed by atoms with Crippen molar-refractivity contribution in [2.45, 2.75) is 18.9 Å². The number of hydrogen-bond acceptors (Lipinski definition) is 5. The zero-order chi connectivity index (χ0) is 19.7. The van der Waals surface area contributed by atoms with Crippen molar-refractivity contribution in [3.63, 3.8) is 0 Å². The second kappa shape index (κ2) is 7.13. The van der Waals surface area contributed by atoms with E-state index in [4.69, 9.17) is 9.47 Å². The van der Waals surface area contributed by atoms with Gasteiger partial charge in [-0.1, -0.05) is 18.2 Å². The fraction of sp³-hybridized carbons (Fsp3) is 0.273. The zero-order valence-corrected chi connectivity index (χ0v) is 15.9. The molecule has 0 aliphatic carbocycles. The number of amides is 1. The van der Waals surface area contributed by atoms with Gasteiger partial charge < -0.3 is 19.9 Å². The van der Waals surface area contributed by atoms with Crippen LogP contribution < -0.4 is 14.8 Å². The highest BCUT2D eigenvalue weighted by Crippen LogP contribution is 2.29. The second-order valence-corrected chi connectivity index (χ2v) is 7.15. The molecule has 0 spiro atoms. The molecule has 0 saturated heterocycles. The first-order chi connectivity index (χ1) is 13.5. The normalized spacial score (nSPS) is 18.2. The quantitative estimate of drug-likeness (QED) is 0.730. The minimum atomic E-state index is -0.868. The van der Waals surface area contributed by atoms with E-state index in [1.165, 1.54) is 0 Å². The SMILES string of the molecule is COc1ccc2cc(C(=O)NC3(CO)COc4ccccc4C3)c(C)nc2c1. The zero-order valence-electron chi connectivity index (χ0n) is 15.9. The number of rotatable bonds is 4. The average molecular weight is 378 g/mol. The van der Waals surface area contributed by atoms with Gasteiger partial charge in [-0.05, 0) is 36.8 Å². The fourth-order valence-electron chi connectivity index (χ4n) is 3.55. The molecule has 2 heterocycles. The van der Waals surface area contributed by atoms with E-state index in [-0.39, 0.29) is 19.1 Å². The van der Waals surface area contributed by atoms with Gasteiger partial charge in [-0.15, -0.1) is 0 Å². The lowest BCUT2D eigenvalue weighted by Gasteiger charge is -2.37. The molecule has 144 valence electrons. The Morgan fingerprint density at radius 2 is 2.11 bits per heavy atom. The van der Waals surface area contributed by atoms with Gasteiger partial charge in [0, 0.05) is 17.9 Å². The molecule has 4 rings (SSSR count). The number of nitrogens with one attached hydrogen (secondary N) is 1. The summed E-state index contributed by atoms with van der Waals surface area (Å²) >= 11 is 0. The predicted molar refractivity (Wildman–Crippen MR) is 106 cm³/mol. The molecule has 3 aromatic rings. The van der Waals surface area contributed by atoms with Gasteiger partial charge in [0.15, 0.2) is 0 Å². The minimum Gasteiger partial charge on any atom is -0.497 e. The van der Waals surface area contributed by atoms with Crippen LogP contribution in [0.4, 0.5) is 0 Å². The van der Waals surface area contributed by atoms with E-state index in [0.29, 0.717) is 23.4 Å². The lowest BCUT2D eigenvalue weighted by atomic mass is 9.89. The number of hydrogen-bond donors (Lipinski definition) is 2. The number of pyridine rings is 1. The molecule has 2 N–H and O–H groups in total. The summed E-state index contributed by atoms with van der Waals surface area (Å²) in [5.74, 6) is 1.23. The maximum Gasteiger partial charge on any atom is 0.253 e. The number of methoxy groups -OCH3 is 1. The number of ether oxygens (including phenoxy) is 2. The molecule has 1 amide bonds. The summed E-state index contributed by atoms with van der Waals surface area (Å²) < 4.78 is 11.0. The van der Waals surface area contributed by atoms with Crippen LogP contribution in [0.3, 0.4) is 0 Å². The van der Waals surface area contributed by atoms with Crippen molar-refractivity contribution in [2.75, 3.05) is 20.3 Å². The van der Waals surface area contributed by atoms with Crippen LogP contribution in [0.5, 0.6) is 11.5 Å².